The fourth-order valence-electron chi connectivity index (χ4n) is 1.94. The monoisotopic (exact) mass is 342 g/mol. The van der Waals surface area contributed by atoms with E-state index in [9.17, 15) is 18.4 Å². The first-order chi connectivity index (χ1) is 11.0. The van der Waals surface area contributed by atoms with Crippen LogP contribution in [-0.4, -0.2) is 23.6 Å². The number of benzene rings is 1. The van der Waals surface area contributed by atoms with Crippen LogP contribution in [-0.2, 0) is 9.53 Å². The van der Waals surface area contributed by atoms with Crippen LogP contribution < -0.4 is 10.6 Å². The van der Waals surface area contributed by atoms with E-state index in [0.717, 1.165) is 12.1 Å². The van der Waals surface area contributed by atoms with Crippen LogP contribution in [0.3, 0.4) is 0 Å². The van der Waals surface area contributed by atoms with Gasteiger partial charge < -0.3 is 15.4 Å². The SMILES string of the molecule is CCC(C)C(NC(=O)OC(C)(C)C)C(=O)Nc1ccc(F)cc1F. The van der Waals surface area contributed by atoms with Crippen LogP contribution in [0.1, 0.15) is 41.0 Å². The van der Waals surface area contributed by atoms with Crippen LogP contribution in [0.25, 0.3) is 0 Å². The topological polar surface area (TPSA) is 67.4 Å². The van der Waals surface area contributed by atoms with Gasteiger partial charge in [0.1, 0.15) is 23.3 Å². The van der Waals surface area contributed by atoms with E-state index in [1.807, 2.05) is 6.92 Å². The molecule has 0 aliphatic carbocycles. The Kier molecular flexibility index (Phi) is 6.69. The maximum atomic E-state index is 13.7. The maximum Gasteiger partial charge on any atom is 0.408 e. The molecule has 1 aromatic carbocycles. The van der Waals surface area contributed by atoms with Crippen molar-refractivity contribution in [3.05, 3.63) is 29.8 Å². The number of ether oxygens (including phenoxy) is 1. The lowest BCUT2D eigenvalue weighted by Crippen LogP contribution is -2.49. The van der Waals surface area contributed by atoms with E-state index in [-0.39, 0.29) is 11.6 Å². The van der Waals surface area contributed by atoms with Gasteiger partial charge in [-0.05, 0) is 38.8 Å². The largest absolute Gasteiger partial charge is 0.444 e. The highest BCUT2D eigenvalue weighted by Gasteiger charge is 2.28. The highest BCUT2D eigenvalue weighted by atomic mass is 19.1. The zero-order valence-electron chi connectivity index (χ0n) is 14.6. The highest BCUT2D eigenvalue weighted by Crippen LogP contribution is 2.17. The normalized spacial score (nSPS) is 13.8. The second kappa shape index (κ2) is 8.08. The van der Waals surface area contributed by atoms with Crippen molar-refractivity contribution in [2.75, 3.05) is 5.32 Å². The van der Waals surface area contributed by atoms with Gasteiger partial charge in [0.25, 0.3) is 0 Å². The Morgan fingerprint density at radius 3 is 2.38 bits per heavy atom. The third-order valence-electron chi connectivity index (χ3n) is 3.36. The van der Waals surface area contributed by atoms with Gasteiger partial charge in [-0.2, -0.15) is 0 Å². The van der Waals surface area contributed by atoms with Crippen LogP contribution in [0, 0.1) is 17.6 Å². The molecule has 0 saturated heterocycles. The van der Waals surface area contributed by atoms with Gasteiger partial charge in [-0.1, -0.05) is 20.3 Å². The predicted molar refractivity (Wildman–Crippen MR) is 87.6 cm³/mol. The minimum absolute atomic E-state index is 0.152. The highest BCUT2D eigenvalue weighted by molar-refractivity contribution is 5.96. The molecule has 0 fully saturated rings. The lowest BCUT2D eigenvalue weighted by atomic mass is 9.98. The Morgan fingerprint density at radius 2 is 1.88 bits per heavy atom. The number of hydrogen-bond donors (Lipinski definition) is 2. The van der Waals surface area contributed by atoms with Crippen molar-refractivity contribution < 1.29 is 23.1 Å². The fraction of sp³-hybridized carbons (Fsp3) is 0.529. The van der Waals surface area contributed by atoms with Gasteiger partial charge in [-0.15, -0.1) is 0 Å². The lowest BCUT2D eigenvalue weighted by molar-refractivity contribution is -0.119. The summed E-state index contributed by atoms with van der Waals surface area (Å²) < 4.78 is 31.8. The molecule has 0 heterocycles. The van der Waals surface area contributed by atoms with Crippen LogP contribution in [0.2, 0.25) is 0 Å². The Balaban J connectivity index is 2.87. The second-order valence-electron chi connectivity index (χ2n) is 6.62. The predicted octanol–water partition coefficient (Wildman–Crippen LogP) is 3.84. The Bertz CT molecular complexity index is 600. The molecule has 2 unspecified atom stereocenters. The van der Waals surface area contributed by atoms with Gasteiger partial charge in [0.15, 0.2) is 0 Å². The number of hydrogen-bond acceptors (Lipinski definition) is 3. The van der Waals surface area contributed by atoms with Crippen LogP contribution in [0.5, 0.6) is 0 Å². The molecular weight excluding hydrogens is 318 g/mol. The summed E-state index contributed by atoms with van der Waals surface area (Å²) in [6.07, 6.45) is -0.123. The molecule has 2 N–H and O–H groups in total. The standard InChI is InChI=1S/C17H24F2N2O3/c1-6-10(2)14(21-16(23)24-17(3,4)5)15(22)20-13-8-7-11(18)9-12(13)19/h7-10,14H,6H2,1-5H3,(H,20,22)(H,21,23). The number of amides is 2. The van der Waals surface area contributed by atoms with Crippen molar-refractivity contribution in [1.29, 1.82) is 0 Å². The zero-order valence-corrected chi connectivity index (χ0v) is 14.6. The van der Waals surface area contributed by atoms with Crippen LogP contribution in [0.15, 0.2) is 18.2 Å². The second-order valence-corrected chi connectivity index (χ2v) is 6.62. The molecule has 0 aliphatic heterocycles. The summed E-state index contributed by atoms with van der Waals surface area (Å²) >= 11 is 0. The van der Waals surface area contributed by atoms with E-state index >= 15 is 0 Å². The zero-order chi connectivity index (χ0) is 18.5. The van der Waals surface area contributed by atoms with E-state index in [1.54, 1.807) is 27.7 Å². The van der Waals surface area contributed by atoms with Crippen LogP contribution >= 0.6 is 0 Å². The fourth-order valence-corrected chi connectivity index (χ4v) is 1.94. The molecule has 1 rings (SSSR count). The average Bonchev–Trinajstić information content (AvgIpc) is 2.45. The summed E-state index contributed by atoms with van der Waals surface area (Å²) in [5.41, 5.74) is -0.857. The van der Waals surface area contributed by atoms with E-state index in [1.165, 1.54) is 0 Å². The van der Waals surface area contributed by atoms with Gasteiger partial charge in [-0.3, -0.25) is 4.79 Å². The van der Waals surface area contributed by atoms with Gasteiger partial charge in [0.2, 0.25) is 5.91 Å². The molecule has 1 aromatic rings. The molecule has 0 spiro atoms. The van der Waals surface area contributed by atoms with Crippen molar-refractivity contribution in [2.24, 2.45) is 5.92 Å². The molecule has 24 heavy (non-hydrogen) atoms. The van der Waals surface area contributed by atoms with E-state index in [0.29, 0.717) is 12.5 Å². The van der Waals surface area contributed by atoms with Gasteiger partial charge in [-0.25, -0.2) is 13.6 Å². The quantitative estimate of drug-likeness (QED) is 0.854. The smallest absolute Gasteiger partial charge is 0.408 e. The van der Waals surface area contributed by atoms with Crippen molar-refractivity contribution in [1.82, 2.24) is 5.32 Å². The number of nitrogens with one attached hydrogen (secondary N) is 2. The first-order valence-electron chi connectivity index (χ1n) is 7.79. The molecule has 7 heteroatoms. The molecule has 134 valence electrons. The van der Waals surface area contributed by atoms with Crippen LogP contribution in [0.4, 0.5) is 19.3 Å². The number of halogens is 2. The molecule has 2 atom stereocenters. The number of carbonyl (C=O) groups excluding carboxylic acids is 2. The summed E-state index contributed by atoms with van der Waals surface area (Å²) in [5, 5.41) is 4.88. The van der Waals surface area contributed by atoms with E-state index < -0.39 is 35.3 Å². The molecule has 5 nitrogen and oxygen atoms in total. The van der Waals surface area contributed by atoms with Gasteiger partial charge >= 0.3 is 6.09 Å². The molecule has 2 amide bonds. The summed E-state index contributed by atoms with van der Waals surface area (Å²) in [6, 6.07) is 1.94. The molecule has 0 aromatic heterocycles. The maximum absolute atomic E-state index is 13.7. The van der Waals surface area contributed by atoms with Crippen molar-refractivity contribution in [3.63, 3.8) is 0 Å². The first kappa shape index (κ1) is 19.9. The Morgan fingerprint density at radius 1 is 1.25 bits per heavy atom. The number of rotatable bonds is 5. The van der Waals surface area contributed by atoms with Gasteiger partial charge in [0.05, 0.1) is 5.69 Å². The van der Waals surface area contributed by atoms with Crippen molar-refractivity contribution in [3.8, 4) is 0 Å². The number of carbonyl (C=O) groups is 2. The van der Waals surface area contributed by atoms with E-state index in [4.69, 9.17) is 4.74 Å². The van der Waals surface area contributed by atoms with Gasteiger partial charge in [0, 0.05) is 6.07 Å². The van der Waals surface area contributed by atoms with E-state index in [2.05, 4.69) is 10.6 Å². The minimum atomic E-state index is -0.908. The summed E-state index contributed by atoms with van der Waals surface area (Å²) in [5.74, 6) is -2.43. The summed E-state index contributed by atoms with van der Waals surface area (Å²) in [7, 11) is 0. The lowest BCUT2D eigenvalue weighted by Gasteiger charge is -2.26. The molecule has 0 bridgehead atoms. The molecule has 0 aliphatic rings. The molecular formula is C17H24F2N2O3. The third-order valence-corrected chi connectivity index (χ3v) is 3.36. The average molecular weight is 342 g/mol. The first-order valence-corrected chi connectivity index (χ1v) is 7.79. The molecule has 0 radical (unpaired) electrons. The summed E-state index contributed by atoms with van der Waals surface area (Å²) in [4.78, 5) is 24.3. The van der Waals surface area contributed by atoms with Crippen molar-refractivity contribution in [2.45, 2.75) is 52.7 Å². The van der Waals surface area contributed by atoms with Crippen molar-refractivity contribution >= 4 is 17.7 Å². The number of alkyl carbamates (subject to hydrolysis) is 1. The number of anilines is 1. The summed E-state index contributed by atoms with van der Waals surface area (Å²) in [6.45, 7) is 8.76. The molecule has 0 saturated carbocycles. The Hall–Kier alpha value is -2.18. The third kappa shape index (κ3) is 6.14. The minimum Gasteiger partial charge on any atom is -0.444 e. The Labute approximate surface area is 140 Å².